The molecule has 0 saturated heterocycles. The first-order valence-corrected chi connectivity index (χ1v) is 7.04. The number of amides is 1. The topological polar surface area (TPSA) is 54.0 Å². The predicted octanol–water partition coefficient (Wildman–Crippen LogP) is 2.68. The Balaban J connectivity index is 1.93. The van der Waals surface area contributed by atoms with E-state index >= 15 is 0 Å². The van der Waals surface area contributed by atoms with E-state index in [9.17, 15) is 4.79 Å². The molecule has 19 heavy (non-hydrogen) atoms. The van der Waals surface area contributed by atoms with E-state index in [1.54, 1.807) is 12.3 Å². The van der Waals surface area contributed by atoms with Crippen LogP contribution in [0.4, 0.5) is 5.69 Å². The van der Waals surface area contributed by atoms with E-state index in [2.05, 4.69) is 29.5 Å². The molecule has 104 valence electrons. The molecule has 0 aliphatic heterocycles. The summed E-state index contributed by atoms with van der Waals surface area (Å²) in [6.45, 7) is 4.56. The van der Waals surface area contributed by atoms with E-state index in [0.717, 1.165) is 24.4 Å². The van der Waals surface area contributed by atoms with Gasteiger partial charge in [-0.25, -0.2) is 4.98 Å². The minimum atomic E-state index is -0.0607. The van der Waals surface area contributed by atoms with Crippen molar-refractivity contribution in [1.82, 2.24) is 10.3 Å². The molecule has 0 aromatic carbocycles. The maximum Gasteiger partial charge on any atom is 0.270 e. The fraction of sp³-hybridized carbons (Fsp3) is 0.600. The van der Waals surface area contributed by atoms with Gasteiger partial charge in [0.15, 0.2) is 0 Å². The first-order chi connectivity index (χ1) is 9.10. The lowest BCUT2D eigenvalue weighted by molar-refractivity contribution is 0.0905. The molecule has 1 heterocycles. The smallest absolute Gasteiger partial charge is 0.270 e. The quantitative estimate of drug-likeness (QED) is 0.879. The SMILES string of the molecule is CNc1ccc(C(=O)NC2CCC(C)C(C)C2)nc1. The maximum absolute atomic E-state index is 12.1. The van der Waals surface area contributed by atoms with Gasteiger partial charge in [0.25, 0.3) is 5.91 Å². The zero-order chi connectivity index (χ0) is 13.8. The molecule has 0 spiro atoms. The summed E-state index contributed by atoms with van der Waals surface area (Å²) in [4.78, 5) is 16.3. The van der Waals surface area contributed by atoms with Gasteiger partial charge in [0.2, 0.25) is 0 Å². The van der Waals surface area contributed by atoms with Crippen molar-refractivity contribution in [3.05, 3.63) is 24.0 Å². The molecule has 2 rings (SSSR count). The second-order valence-electron chi connectivity index (χ2n) is 5.62. The van der Waals surface area contributed by atoms with E-state index in [4.69, 9.17) is 0 Å². The first kappa shape index (κ1) is 13.8. The van der Waals surface area contributed by atoms with Crippen LogP contribution in [0.25, 0.3) is 0 Å². The average molecular weight is 261 g/mol. The number of pyridine rings is 1. The molecular weight excluding hydrogens is 238 g/mol. The van der Waals surface area contributed by atoms with Crippen LogP contribution in [0.2, 0.25) is 0 Å². The maximum atomic E-state index is 12.1. The van der Waals surface area contributed by atoms with Gasteiger partial charge in [0, 0.05) is 13.1 Å². The molecule has 4 heteroatoms. The molecule has 1 fully saturated rings. The standard InChI is InChI=1S/C15H23N3O/c1-10-4-5-12(8-11(10)2)18-15(19)14-7-6-13(16-3)9-17-14/h6-7,9-12,16H,4-5,8H2,1-3H3,(H,18,19). The second-order valence-corrected chi connectivity index (χ2v) is 5.62. The van der Waals surface area contributed by atoms with Crippen molar-refractivity contribution in [2.75, 3.05) is 12.4 Å². The Hall–Kier alpha value is -1.58. The summed E-state index contributed by atoms with van der Waals surface area (Å²) in [7, 11) is 1.83. The Kier molecular flexibility index (Phi) is 4.40. The van der Waals surface area contributed by atoms with Crippen LogP contribution in [0.5, 0.6) is 0 Å². The van der Waals surface area contributed by atoms with Gasteiger partial charge in [0.1, 0.15) is 5.69 Å². The highest BCUT2D eigenvalue weighted by Gasteiger charge is 2.25. The number of nitrogens with one attached hydrogen (secondary N) is 2. The van der Waals surface area contributed by atoms with Crippen LogP contribution in [0.1, 0.15) is 43.6 Å². The van der Waals surface area contributed by atoms with Crippen molar-refractivity contribution in [2.45, 2.75) is 39.2 Å². The summed E-state index contributed by atoms with van der Waals surface area (Å²) in [5, 5.41) is 6.09. The predicted molar refractivity (Wildman–Crippen MR) is 77.2 cm³/mol. The Labute approximate surface area is 115 Å². The third-order valence-electron chi connectivity index (χ3n) is 4.22. The van der Waals surface area contributed by atoms with Gasteiger partial charge < -0.3 is 10.6 Å². The first-order valence-electron chi connectivity index (χ1n) is 7.04. The summed E-state index contributed by atoms with van der Waals surface area (Å²) >= 11 is 0. The van der Waals surface area contributed by atoms with Gasteiger partial charge in [-0.1, -0.05) is 13.8 Å². The minimum Gasteiger partial charge on any atom is -0.387 e. The molecule has 1 saturated carbocycles. The molecule has 2 N–H and O–H groups in total. The molecule has 3 atom stereocenters. The highest BCUT2D eigenvalue weighted by Crippen LogP contribution is 2.29. The summed E-state index contributed by atoms with van der Waals surface area (Å²) in [5.41, 5.74) is 1.40. The fourth-order valence-electron chi connectivity index (χ4n) is 2.61. The van der Waals surface area contributed by atoms with Crippen LogP contribution in [-0.4, -0.2) is 24.0 Å². The van der Waals surface area contributed by atoms with Gasteiger partial charge in [-0.3, -0.25) is 4.79 Å². The van der Waals surface area contributed by atoms with Crippen molar-refractivity contribution < 1.29 is 4.79 Å². The van der Waals surface area contributed by atoms with E-state index < -0.39 is 0 Å². The number of nitrogens with zero attached hydrogens (tertiary/aromatic N) is 1. The van der Waals surface area contributed by atoms with Crippen LogP contribution in [-0.2, 0) is 0 Å². The molecule has 1 aromatic heterocycles. The summed E-state index contributed by atoms with van der Waals surface area (Å²) in [6, 6.07) is 3.92. The zero-order valence-electron chi connectivity index (χ0n) is 11.9. The number of rotatable bonds is 3. The van der Waals surface area contributed by atoms with Crippen molar-refractivity contribution in [2.24, 2.45) is 11.8 Å². The Morgan fingerprint density at radius 3 is 2.63 bits per heavy atom. The van der Waals surface area contributed by atoms with Crippen molar-refractivity contribution in [3.63, 3.8) is 0 Å². The Bertz CT molecular complexity index is 430. The van der Waals surface area contributed by atoms with Crippen LogP contribution >= 0.6 is 0 Å². The third-order valence-corrected chi connectivity index (χ3v) is 4.22. The van der Waals surface area contributed by atoms with Gasteiger partial charge in [-0.2, -0.15) is 0 Å². The van der Waals surface area contributed by atoms with Crippen LogP contribution in [0.15, 0.2) is 18.3 Å². The number of carbonyl (C=O) groups excluding carboxylic acids is 1. The molecule has 1 aromatic rings. The summed E-state index contributed by atoms with van der Waals surface area (Å²) in [6.07, 6.45) is 5.02. The number of anilines is 1. The molecule has 0 radical (unpaired) electrons. The molecule has 1 aliphatic rings. The lowest BCUT2D eigenvalue weighted by Gasteiger charge is -2.32. The monoisotopic (exact) mass is 261 g/mol. The molecule has 3 unspecified atom stereocenters. The highest BCUT2D eigenvalue weighted by atomic mass is 16.1. The number of hydrogen-bond donors (Lipinski definition) is 2. The number of hydrogen-bond acceptors (Lipinski definition) is 3. The van der Waals surface area contributed by atoms with E-state index in [1.165, 1.54) is 6.42 Å². The molecule has 1 amide bonds. The van der Waals surface area contributed by atoms with Gasteiger partial charge in [-0.05, 0) is 43.2 Å². The summed E-state index contributed by atoms with van der Waals surface area (Å²) < 4.78 is 0. The molecular formula is C15H23N3O. The minimum absolute atomic E-state index is 0.0607. The lowest BCUT2D eigenvalue weighted by Crippen LogP contribution is -2.40. The molecule has 0 bridgehead atoms. The van der Waals surface area contributed by atoms with Crippen LogP contribution < -0.4 is 10.6 Å². The zero-order valence-corrected chi connectivity index (χ0v) is 11.9. The van der Waals surface area contributed by atoms with E-state index in [1.807, 2.05) is 13.1 Å². The largest absolute Gasteiger partial charge is 0.387 e. The third kappa shape index (κ3) is 3.46. The highest BCUT2D eigenvalue weighted by molar-refractivity contribution is 5.92. The molecule has 4 nitrogen and oxygen atoms in total. The second kappa shape index (κ2) is 6.04. The number of carbonyl (C=O) groups is 1. The van der Waals surface area contributed by atoms with Crippen LogP contribution in [0, 0.1) is 11.8 Å². The number of aromatic nitrogens is 1. The average Bonchev–Trinajstić information content (AvgIpc) is 2.43. The van der Waals surface area contributed by atoms with Crippen LogP contribution in [0.3, 0.4) is 0 Å². The van der Waals surface area contributed by atoms with Gasteiger partial charge in [-0.15, -0.1) is 0 Å². The summed E-state index contributed by atoms with van der Waals surface area (Å²) in [5.74, 6) is 1.38. The Morgan fingerprint density at radius 1 is 1.26 bits per heavy atom. The van der Waals surface area contributed by atoms with Gasteiger partial charge in [0.05, 0.1) is 11.9 Å². The van der Waals surface area contributed by atoms with Crippen molar-refractivity contribution in [1.29, 1.82) is 0 Å². The van der Waals surface area contributed by atoms with E-state index in [-0.39, 0.29) is 5.91 Å². The lowest BCUT2D eigenvalue weighted by atomic mass is 9.79. The van der Waals surface area contributed by atoms with Crippen molar-refractivity contribution >= 4 is 11.6 Å². The normalized spacial score (nSPS) is 26.8. The molecule has 1 aliphatic carbocycles. The fourth-order valence-corrected chi connectivity index (χ4v) is 2.61. The van der Waals surface area contributed by atoms with Crippen molar-refractivity contribution in [3.8, 4) is 0 Å². The van der Waals surface area contributed by atoms with E-state index in [0.29, 0.717) is 17.7 Å². The Morgan fingerprint density at radius 2 is 2.05 bits per heavy atom. The van der Waals surface area contributed by atoms with Gasteiger partial charge >= 0.3 is 0 Å².